The molecule has 1 unspecified atom stereocenters. The lowest BCUT2D eigenvalue weighted by Gasteiger charge is -2.15. The van der Waals surface area contributed by atoms with Crippen molar-refractivity contribution in [3.8, 4) is 0 Å². The second-order valence-corrected chi connectivity index (χ2v) is 7.26. The Bertz CT molecular complexity index is 411. The second kappa shape index (κ2) is 9.03. The summed E-state index contributed by atoms with van der Waals surface area (Å²) in [6.07, 6.45) is 5.27. The van der Waals surface area contributed by atoms with Crippen molar-refractivity contribution in [1.29, 1.82) is 0 Å². The van der Waals surface area contributed by atoms with Crippen LogP contribution in [0, 0.1) is 5.92 Å². The summed E-state index contributed by atoms with van der Waals surface area (Å²) in [6, 6.07) is 3.94. The van der Waals surface area contributed by atoms with E-state index in [1.807, 2.05) is 12.1 Å². The number of hydrogen-bond acceptors (Lipinski definition) is 3. The maximum Gasteiger partial charge on any atom is 0.191 e. The Morgan fingerprint density at radius 3 is 3.05 bits per heavy atom. The summed E-state index contributed by atoms with van der Waals surface area (Å²) in [5, 5.41) is 7.63. The highest BCUT2D eigenvalue weighted by atomic mass is 32.2. The van der Waals surface area contributed by atoms with E-state index in [9.17, 15) is 0 Å². The minimum absolute atomic E-state index is 0.578. The lowest BCUT2D eigenvalue weighted by molar-refractivity contribution is 0.506. The fourth-order valence-corrected chi connectivity index (χ4v) is 3.42. The van der Waals surface area contributed by atoms with Gasteiger partial charge in [-0.1, -0.05) is 13.8 Å². The maximum atomic E-state index is 5.35. The highest BCUT2D eigenvalue weighted by molar-refractivity contribution is 8.00. The van der Waals surface area contributed by atoms with E-state index in [1.54, 1.807) is 6.26 Å². The molecule has 2 heterocycles. The Balaban J connectivity index is 1.75. The molecule has 1 atom stereocenters. The van der Waals surface area contributed by atoms with Gasteiger partial charge in [0.1, 0.15) is 5.76 Å². The molecule has 1 aliphatic rings. The molecule has 5 heteroatoms. The Hall–Kier alpha value is -1.10. The molecule has 0 aromatic carbocycles. The summed E-state index contributed by atoms with van der Waals surface area (Å²) in [5.41, 5.74) is 0. The fourth-order valence-electron chi connectivity index (χ4n) is 2.22. The van der Waals surface area contributed by atoms with Crippen molar-refractivity contribution in [3.63, 3.8) is 0 Å². The molecule has 0 amide bonds. The smallest absolute Gasteiger partial charge is 0.191 e. The molecular formula is C16H27N3OS. The van der Waals surface area contributed by atoms with Gasteiger partial charge in [-0.15, -0.1) is 0 Å². The zero-order valence-corrected chi connectivity index (χ0v) is 13.9. The van der Waals surface area contributed by atoms with Crippen molar-refractivity contribution in [2.45, 2.75) is 38.4 Å². The van der Waals surface area contributed by atoms with Crippen molar-refractivity contribution in [2.75, 3.05) is 25.4 Å². The second-order valence-electron chi connectivity index (χ2n) is 5.86. The first-order valence-electron chi connectivity index (χ1n) is 7.90. The lowest BCUT2D eigenvalue weighted by Crippen LogP contribution is -2.41. The largest absolute Gasteiger partial charge is 0.469 e. The topological polar surface area (TPSA) is 49.6 Å². The van der Waals surface area contributed by atoms with Crippen LogP contribution in [-0.2, 0) is 6.42 Å². The van der Waals surface area contributed by atoms with Gasteiger partial charge in [0.05, 0.1) is 6.26 Å². The zero-order valence-electron chi connectivity index (χ0n) is 13.1. The van der Waals surface area contributed by atoms with Crippen molar-refractivity contribution >= 4 is 17.7 Å². The molecule has 2 N–H and O–H groups in total. The van der Waals surface area contributed by atoms with E-state index in [0.717, 1.165) is 43.0 Å². The summed E-state index contributed by atoms with van der Waals surface area (Å²) < 4.78 is 5.35. The van der Waals surface area contributed by atoms with Crippen LogP contribution in [-0.4, -0.2) is 36.6 Å². The van der Waals surface area contributed by atoms with E-state index in [4.69, 9.17) is 4.42 Å². The average Bonchev–Trinajstić information content (AvgIpc) is 3.14. The summed E-state index contributed by atoms with van der Waals surface area (Å²) in [7, 11) is 0. The molecule has 0 saturated carbocycles. The zero-order chi connectivity index (χ0) is 14.9. The number of aliphatic imine (C=N–C) groups is 1. The summed E-state index contributed by atoms with van der Waals surface area (Å²) in [5.74, 6) is 3.82. The summed E-state index contributed by atoms with van der Waals surface area (Å²) in [4.78, 5) is 4.66. The molecular weight excluding hydrogens is 282 g/mol. The van der Waals surface area contributed by atoms with Crippen LogP contribution in [0.2, 0.25) is 0 Å². The molecule has 1 aliphatic heterocycles. The molecule has 2 rings (SSSR count). The first kappa shape index (κ1) is 16.3. The van der Waals surface area contributed by atoms with Crippen molar-refractivity contribution in [3.05, 3.63) is 24.2 Å². The van der Waals surface area contributed by atoms with Crippen LogP contribution < -0.4 is 10.6 Å². The van der Waals surface area contributed by atoms with Crippen LogP contribution in [0.15, 0.2) is 27.8 Å². The van der Waals surface area contributed by atoms with Gasteiger partial charge < -0.3 is 15.1 Å². The van der Waals surface area contributed by atoms with Gasteiger partial charge in [-0.2, -0.15) is 11.8 Å². The fraction of sp³-hybridized carbons (Fsp3) is 0.688. The Labute approximate surface area is 132 Å². The van der Waals surface area contributed by atoms with Gasteiger partial charge in [-0.05, 0) is 36.6 Å². The van der Waals surface area contributed by atoms with Crippen molar-refractivity contribution < 1.29 is 4.42 Å². The van der Waals surface area contributed by atoms with E-state index in [2.05, 4.69) is 41.2 Å². The van der Waals surface area contributed by atoms with Gasteiger partial charge in [0.2, 0.25) is 0 Å². The first-order chi connectivity index (χ1) is 10.2. The Morgan fingerprint density at radius 2 is 2.38 bits per heavy atom. The van der Waals surface area contributed by atoms with E-state index >= 15 is 0 Å². The van der Waals surface area contributed by atoms with Gasteiger partial charge in [0.15, 0.2) is 5.96 Å². The monoisotopic (exact) mass is 309 g/mol. The number of nitrogens with one attached hydrogen (secondary N) is 2. The number of guanidine groups is 1. The SMILES string of the molecule is CC(C)CN=C(NCCc1ccco1)NCC1CCCS1. The summed E-state index contributed by atoms with van der Waals surface area (Å²) >= 11 is 2.07. The van der Waals surface area contributed by atoms with Crippen LogP contribution in [0.1, 0.15) is 32.4 Å². The van der Waals surface area contributed by atoms with Crippen LogP contribution in [0.25, 0.3) is 0 Å². The molecule has 0 aliphatic carbocycles. The molecule has 0 bridgehead atoms. The average molecular weight is 309 g/mol. The minimum Gasteiger partial charge on any atom is -0.469 e. The molecule has 1 saturated heterocycles. The highest BCUT2D eigenvalue weighted by Gasteiger charge is 2.15. The standard InChI is InChI=1S/C16H27N3OS/c1-13(2)11-18-16(19-12-15-6-4-10-21-15)17-8-7-14-5-3-9-20-14/h3,5,9,13,15H,4,6-8,10-12H2,1-2H3,(H2,17,18,19). The lowest BCUT2D eigenvalue weighted by atomic mass is 10.2. The van der Waals surface area contributed by atoms with Gasteiger partial charge in [0, 0.05) is 31.3 Å². The highest BCUT2D eigenvalue weighted by Crippen LogP contribution is 2.25. The van der Waals surface area contributed by atoms with E-state index in [1.165, 1.54) is 18.6 Å². The predicted octanol–water partition coefficient (Wildman–Crippen LogP) is 2.91. The third-order valence-corrected chi connectivity index (χ3v) is 4.78. The number of hydrogen-bond donors (Lipinski definition) is 2. The molecule has 0 spiro atoms. The van der Waals surface area contributed by atoms with Gasteiger partial charge in [0.25, 0.3) is 0 Å². The predicted molar refractivity (Wildman–Crippen MR) is 91.0 cm³/mol. The molecule has 0 radical (unpaired) electrons. The Morgan fingerprint density at radius 1 is 1.48 bits per heavy atom. The quantitative estimate of drug-likeness (QED) is 0.600. The van der Waals surface area contributed by atoms with Gasteiger partial charge >= 0.3 is 0 Å². The van der Waals surface area contributed by atoms with Gasteiger partial charge in [-0.25, -0.2) is 0 Å². The van der Waals surface area contributed by atoms with Crippen LogP contribution >= 0.6 is 11.8 Å². The van der Waals surface area contributed by atoms with E-state index < -0.39 is 0 Å². The first-order valence-corrected chi connectivity index (χ1v) is 8.95. The summed E-state index contributed by atoms with van der Waals surface area (Å²) in [6.45, 7) is 7.09. The molecule has 1 aromatic heterocycles. The normalized spacial score (nSPS) is 19.2. The van der Waals surface area contributed by atoms with Gasteiger partial charge in [-0.3, -0.25) is 4.99 Å². The maximum absolute atomic E-state index is 5.35. The van der Waals surface area contributed by atoms with E-state index in [0.29, 0.717) is 5.92 Å². The third-order valence-electron chi connectivity index (χ3n) is 3.38. The van der Waals surface area contributed by atoms with Crippen LogP contribution in [0.4, 0.5) is 0 Å². The number of furan rings is 1. The third kappa shape index (κ3) is 6.46. The van der Waals surface area contributed by atoms with E-state index in [-0.39, 0.29) is 0 Å². The molecule has 1 fully saturated rings. The minimum atomic E-state index is 0.578. The Kier molecular flexibility index (Phi) is 7.00. The molecule has 21 heavy (non-hydrogen) atoms. The molecule has 1 aromatic rings. The number of nitrogens with zero attached hydrogens (tertiary/aromatic N) is 1. The van der Waals surface area contributed by atoms with Crippen LogP contribution in [0.5, 0.6) is 0 Å². The van der Waals surface area contributed by atoms with Crippen LogP contribution in [0.3, 0.4) is 0 Å². The number of thioether (sulfide) groups is 1. The molecule has 118 valence electrons. The van der Waals surface area contributed by atoms with Crippen molar-refractivity contribution in [1.82, 2.24) is 10.6 Å². The number of rotatable bonds is 7. The molecule has 4 nitrogen and oxygen atoms in total. The van der Waals surface area contributed by atoms with Crippen molar-refractivity contribution in [2.24, 2.45) is 10.9 Å².